The Labute approximate surface area is 139 Å². The molecule has 1 aromatic heterocycles. The Morgan fingerprint density at radius 1 is 1.33 bits per heavy atom. The molecular weight excluding hydrogens is 312 g/mol. The molecule has 128 valence electrons. The minimum atomic E-state index is -0.480. The molecule has 0 bridgehead atoms. The fourth-order valence-electron chi connectivity index (χ4n) is 1.80. The first kappa shape index (κ1) is 17.3. The van der Waals surface area contributed by atoms with Crippen molar-refractivity contribution in [1.29, 1.82) is 0 Å². The number of urea groups is 1. The van der Waals surface area contributed by atoms with Crippen LogP contribution >= 0.6 is 0 Å². The van der Waals surface area contributed by atoms with Crippen molar-refractivity contribution < 1.29 is 14.7 Å². The lowest BCUT2D eigenvalue weighted by atomic mass is 10.1. The number of hydrogen-bond acceptors (Lipinski definition) is 5. The van der Waals surface area contributed by atoms with Gasteiger partial charge in [-0.25, -0.2) is 14.5 Å². The summed E-state index contributed by atoms with van der Waals surface area (Å²) in [4.78, 5) is 28.8. The minimum absolute atomic E-state index is 0.0476. The molecule has 0 atom stereocenters. The number of rotatable bonds is 5. The van der Waals surface area contributed by atoms with Crippen molar-refractivity contribution in [3.8, 4) is 5.75 Å². The van der Waals surface area contributed by atoms with E-state index < -0.39 is 6.03 Å². The monoisotopic (exact) mass is 332 g/mol. The van der Waals surface area contributed by atoms with Crippen LogP contribution in [0.15, 0.2) is 24.5 Å². The first-order chi connectivity index (χ1) is 11.3. The number of hydrogen-bond donors (Lipinski definition) is 3. The lowest BCUT2D eigenvalue weighted by Crippen LogP contribution is -2.29. The molecule has 0 saturated carbocycles. The zero-order valence-electron chi connectivity index (χ0n) is 13.8. The molecule has 3 N–H and O–H groups in total. The minimum Gasteiger partial charge on any atom is -0.508 e. The third kappa shape index (κ3) is 4.70. The average Bonchev–Trinajstić information content (AvgIpc) is 2.95. The predicted molar refractivity (Wildman–Crippen MR) is 87.4 cm³/mol. The molecule has 2 rings (SSSR count). The van der Waals surface area contributed by atoms with Crippen LogP contribution in [-0.2, 0) is 17.9 Å². The van der Waals surface area contributed by atoms with Gasteiger partial charge < -0.3 is 15.3 Å². The fourth-order valence-corrected chi connectivity index (χ4v) is 1.80. The molecule has 9 heteroatoms. The number of likely N-dealkylation sites (N-methyl/N-ethyl adjacent to an activating group) is 1. The Morgan fingerprint density at radius 2 is 2.08 bits per heavy atom. The Hall–Kier alpha value is -3.10. The van der Waals surface area contributed by atoms with Gasteiger partial charge >= 0.3 is 6.03 Å². The van der Waals surface area contributed by atoms with E-state index >= 15 is 0 Å². The highest BCUT2D eigenvalue weighted by atomic mass is 16.3. The molecule has 2 aromatic rings. The van der Waals surface area contributed by atoms with Crippen molar-refractivity contribution in [1.82, 2.24) is 25.0 Å². The number of nitrogens with zero attached hydrogens (tertiary/aromatic N) is 4. The molecule has 0 unspecified atom stereocenters. The smallest absolute Gasteiger partial charge is 0.321 e. The number of phenols is 1. The van der Waals surface area contributed by atoms with Crippen LogP contribution in [-0.4, -0.2) is 50.8 Å². The molecule has 0 aliphatic heterocycles. The topological polar surface area (TPSA) is 112 Å². The maximum Gasteiger partial charge on any atom is 0.321 e. The third-order valence-electron chi connectivity index (χ3n) is 3.28. The summed E-state index contributed by atoms with van der Waals surface area (Å²) in [5.41, 5.74) is 1.54. The average molecular weight is 332 g/mol. The zero-order chi connectivity index (χ0) is 17.7. The van der Waals surface area contributed by atoms with Gasteiger partial charge in [-0.2, -0.15) is 0 Å². The van der Waals surface area contributed by atoms with E-state index in [0.717, 1.165) is 11.1 Å². The van der Waals surface area contributed by atoms with Crippen LogP contribution in [0.3, 0.4) is 0 Å². The fraction of sp³-hybridized carbons (Fsp3) is 0.333. The standard InChI is InChI=1S/C15H20N6O3/c1-10-4-5-11(6-12(10)22)7-16-15(24)18-14-17-9-21(19-14)8-13(23)20(2)3/h4-6,9,22H,7-8H2,1-3H3,(H2,16,18,19,24). The SMILES string of the molecule is Cc1ccc(CNC(=O)Nc2ncn(CC(=O)N(C)C)n2)cc1O. The van der Waals surface area contributed by atoms with Gasteiger partial charge in [0.2, 0.25) is 11.9 Å². The molecule has 3 amide bonds. The van der Waals surface area contributed by atoms with Gasteiger partial charge in [0.05, 0.1) is 0 Å². The van der Waals surface area contributed by atoms with Crippen molar-refractivity contribution in [3.05, 3.63) is 35.7 Å². The summed E-state index contributed by atoms with van der Waals surface area (Å²) in [5, 5.41) is 18.7. The van der Waals surface area contributed by atoms with E-state index in [-0.39, 0.29) is 30.7 Å². The van der Waals surface area contributed by atoms with Gasteiger partial charge in [-0.3, -0.25) is 10.1 Å². The highest BCUT2D eigenvalue weighted by molar-refractivity contribution is 5.87. The lowest BCUT2D eigenvalue weighted by Gasteiger charge is -2.09. The van der Waals surface area contributed by atoms with Gasteiger partial charge in [-0.1, -0.05) is 12.1 Å². The van der Waals surface area contributed by atoms with Crippen molar-refractivity contribution in [2.75, 3.05) is 19.4 Å². The molecular formula is C15H20N6O3. The zero-order valence-corrected chi connectivity index (χ0v) is 13.8. The van der Waals surface area contributed by atoms with E-state index in [1.165, 1.54) is 15.9 Å². The quantitative estimate of drug-likeness (QED) is 0.746. The molecule has 0 aliphatic carbocycles. The Kier molecular flexibility index (Phi) is 5.35. The number of carbonyl (C=O) groups excluding carboxylic acids is 2. The lowest BCUT2D eigenvalue weighted by molar-refractivity contribution is -0.129. The van der Waals surface area contributed by atoms with Crippen molar-refractivity contribution in [2.24, 2.45) is 0 Å². The number of amides is 3. The van der Waals surface area contributed by atoms with E-state index in [1.807, 2.05) is 6.07 Å². The van der Waals surface area contributed by atoms with Crippen LogP contribution in [0, 0.1) is 6.92 Å². The summed E-state index contributed by atoms with van der Waals surface area (Å²) in [5.74, 6) is 0.154. The van der Waals surface area contributed by atoms with E-state index in [4.69, 9.17) is 0 Å². The van der Waals surface area contributed by atoms with E-state index in [2.05, 4.69) is 20.7 Å². The van der Waals surface area contributed by atoms with Gasteiger partial charge in [0.1, 0.15) is 18.6 Å². The summed E-state index contributed by atoms with van der Waals surface area (Å²) in [6.45, 7) is 2.09. The van der Waals surface area contributed by atoms with Crippen molar-refractivity contribution >= 4 is 17.9 Å². The highest BCUT2D eigenvalue weighted by Crippen LogP contribution is 2.17. The first-order valence-electron chi connectivity index (χ1n) is 7.28. The Balaban J connectivity index is 1.85. The third-order valence-corrected chi connectivity index (χ3v) is 3.28. The molecule has 9 nitrogen and oxygen atoms in total. The second-order valence-electron chi connectivity index (χ2n) is 5.48. The molecule has 0 fully saturated rings. The summed E-state index contributed by atoms with van der Waals surface area (Å²) < 4.78 is 1.34. The van der Waals surface area contributed by atoms with Crippen molar-refractivity contribution in [3.63, 3.8) is 0 Å². The largest absolute Gasteiger partial charge is 0.508 e. The summed E-state index contributed by atoms with van der Waals surface area (Å²) in [7, 11) is 3.30. The molecule has 24 heavy (non-hydrogen) atoms. The number of phenolic OH excluding ortho intramolecular Hbond substituents is 1. The summed E-state index contributed by atoms with van der Waals surface area (Å²) >= 11 is 0. The maximum absolute atomic E-state index is 11.8. The van der Waals surface area contributed by atoms with Crippen LogP contribution in [0.2, 0.25) is 0 Å². The second-order valence-corrected chi connectivity index (χ2v) is 5.48. The maximum atomic E-state index is 11.8. The normalized spacial score (nSPS) is 10.3. The number of aryl methyl sites for hydroxylation is 1. The van der Waals surface area contributed by atoms with Crippen LogP contribution in [0.5, 0.6) is 5.75 Å². The number of carbonyl (C=O) groups is 2. The number of anilines is 1. The van der Waals surface area contributed by atoms with Crippen LogP contribution < -0.4 is 10.6 Å². The molecule has 0 saturated heterocycles. The van der Waals surface area contributed by atoms with Gasteiger partial charge in [0.15, 0.2) is 0 Å². The molecule has 0 radical (unpaired) electrons. The molecule has 0 spiro atoms. The van der Waals surface area contributed by atoms with Gasteiger partial charge in [0, 0.05) is 20.6 Å². The summed E-state index contributed by atoms with van der Waals surface area (Å²) in [6, 6.07) is 4.70. The summed E-state index contributed by atoms with van der Waals surface area (Å²) in [6.07, 6.45) is 1.37. The number of aromatic hydroxyl groups is 1. The number of aromatic nitrogens is 3. The Morgan fingerprint density at radius 3 is 2.75 bits per heavy atom. The highest BCUT2D eigenvalue weighted by Gasteiger charge is 2.10. The van der Waals surface area contributed by atoms with Gasteiger partial charge in [0.25, 0.3) is 0 Å². The van der Waals surface area contributed by atoms with E-state index in [9.17, 15) is 14.7 Å². The Bertz CT molecular complexity index is 741. The van der Waals surface area contributed by atoms with Gasteiger partial charge in [-0.15, -0.1) is 5.10 Å². The molecule has 1 aromatic carbocycles. The molecule has 1 heterocycles. The van der Waals surface area contributed by atoms with Crippen LogP contribution in [0.1, 0.15) is 11.1 Å². The van der Waals surface area contributed by atoms with E-state index in [0.29, 0.717) is 0 Å². The number of benzene rings is 1. The first-order valence-corrected chi connectivity index (χ1v) is 7.28. The predicted octanol–water partition coefficient (Wildman–Crippen LogP) is 0.702. The molecule has 0 aliphatic rings. The van der Waals surface area contributed by atoms with Crippen molar-refractivity contribution in [2.45, 2.75) is 20.0 Å². The van der Waals surface area contributed by atoms with Crippen LogP contribution in [0.4, 0.5) is 10.7 Å². The number of nitrogens with one attached hydrogen (secondary N) is 2. The van der Waals surface area contributed by atoms with E-state index in [1.54, 1.807) is 33.2 Å². The second kappa shape index (κ2) is 7.44. The van der Waals surface area contributed by atoms with Crippen LogP contribution in [0.25, 0.3) is 0 Å². The van der Waals surface area contributed by atoms with Gasteiger partial charge in [-0.05, 0) is 24.1 Å².